The van der Waals surface area contributed by atoms with Crippen LogP contribution in [0.25, 0.3) is 0 Å². The van der Waals surface area contributed by atoms with Gasteiger partial charge in [0, 0.05) is 0 Å². The van der Waals surface area contributed by atoms with E-state index < -0.39 is 18.4 Å². The molecule has 0 aromatic carbocycles. The monoisotopic (exact) mass is 389 g/mol. The van der Waals surface area contributed by atoms with Gasteiger partial charge in [-0.25, -0.2) is 0 Å². The number of rotatable bonds is 12. The Hall–Kier alpha value is 0.499. The second-order valence-electron chi connectivity index (χ2n) is 6.74. The zero-order valence-electron chi connectivity index (χ0n) is 15.1. The maximum absolute atomic E-state index is 2.58. The molecule has 0 aliphatic rings. The second kappa shape index (κ2) is 12.1. The maximum atomic E-state index is 2.58. The van der Waals surface area contributed by atoms with Gasteiger partial charge in [-0.15, -0.1) is 0 Å². The number of nitrogens with zero attached hydrogens (tertiary/aromatic N) is 1. The van der Waals surface area contributed by atoms with Crippen molar-refractivity contribution in [2.45, 2.75) is 79.5 Å². The predicted octanol–water partition coefficient (Wildman–Crippen LogP) is 5.88. The molecule has 2 heteroatoms. The van der Waals surface area contributed by atoms with Crippen molar-refractivity contribution in [1.29, 1.82) is 0 Å². The first-order valence-electron chi connectivity index (χ1n) is 8.84. The first kappa shape index (κ1) is 20.5. The van der Waals surface area contributed by atoms with Gasteiger partial charge in [-0.3, -0.25) is 0 Å². The van der Waals surface area contributed by atoms with Crippen LogP contribution in [0.3, 0.4) is 0 Å². The molecule has 0 aromatic heterocycles. The zero-order chi connectivity index (χ0) is 15.4. The van der Waals surface area contributed by atoms with Crippen molar-refractivity contribution < 1.29 is 0 Å². The van der Waals surface area contributed by atoms with Gasteiger partial charge in [0.2, 0.25) is 0 Å². The first-order chi connectivity index (χ1) is 9.52. The van der Waals surface area contributed by atoms with Gasteiger partial charge in [-0.05, 0) is 0 Å². The van der Waals surface area contributed by atoms with E-state index in [2.05, 4.69) is 52.8 Å². The van der Waals surface area contributed by atoms with Crippen molar-refractivity contribution in [1.82, 2.24) is 4.90 Å². The van der Waals surface area contributed by atoms with Gasteiger partial charge in [-0.2, -0.15) is 0 Å². The molecule has 0 fully saturated rings. The summed E-state index contributed by atoms with van der Waals surface area (Å²) in [5.74, 6) is 0. The fourth-order valence-electron chi connectivity index (χ4n) is 3.05. The molecule has 0 atom stereocenters. The summed E-state index contributed by atoms with van der Waals surface area (Å²) in [6, 6.07) is 0. The standard InChI is InChI=1S/C6H12N.3C4H9.Sn/c1-4-5-6-7(2)3;3*1-3-4-2;/h5H,6H2,1-3H3;3*1,3-4H2,2H3;. The molecule has 0 aromatic rings. The van der Waals surface area contributed by atoms with Gasteiger partial charge in [0.05, 0.1) is 0 Å². The molecular weight excluding hydrogens is 349 g/mol. The van der Waals surface area contributed by atoms with Crippen LogP contribution < -0.4 is 0 Å². The van der Waals surface area contributed by atoms with Crippen LogP contribution in [0.1, 0.15) is 66.2 Å². The summed E-state index contributed by atoms with van der Waals surface area (Å²) in [5, 5.41) is 0. The molecule has 1 nitrogen and oxygen atoms in total. The van der Waals surface area contributed by atoms with E-state index in [9.17, 15) is 0 Å². The Morgan fingerprint density at radius 3 is 1.55 bits per heavy atom. The Kier molecular flexibility index (Phi) is 12.4. The summed E-state index contributed by atoms with van der Waals surface area (Å²) in [7, 11) is 4.37. The van der Waals surface area contributed by atoms with Gasteiger partial charge in [-0.1, -0.05) is 0 Å². The normalized spacial score (nSPS) is 13.2. The van der Waals surface area contributed by atoms with Gasteiger partial charge >= 0.3 is 133 Å². The van der Waals surface area contributed by atoms with Gasteiger partial charge in [0.1, 0.15) is 0 Å². The molecule has 0 heterocycles. The molecule has 0 aliphatic carbocycles. The summed E-state index contributed by atoms with van der Waals surface area (Å²) < 4.78 is 6.66. The molecule has 20 heavy (non-hydrogen) atoms. The van der Waals surface area contributed by atoms with E-state index in [1.165, 1.54) is 38.5 Å². The van der Waals surface area contributed by atoms with Crippen molar-refractivity contribution in [2.75, 3.05) is 20.6 Å². The quantitative estimate of drug-likeness (QED) is 0.377. The molecule has 0 bridgehead atoms. The van der Waals surface area contributed by atoms with Crippen LogP contribution >= 0.6 is 0 Å². The Bertz CT molecular complexity index is 236. The first-order valence-corrected chi connectivity index (χ1v) is 16.3. The number of unbranched alkanes of at least 4 members (excludes halogenated alkanes) is 3. The van der Waals surface area contributed by atoms with Gasteiger partial charge in [0.15, 0.2) is 0 Å². The Morgan fingerprint density at radius 1 is 0.850 bits per heavy atom. The molecule has 0 saturated carbocycles. The summed E-state index contributed by atoms with van der Waals surface area (Å²) >= 11 is -2.05. The summed E-state index contributed by atoms with van der Waals surface area (Å²) in [5.41, 5.74) is 0. The van der Waals surface area contributed by atoms with E-state index in [1.807, 2.05) is 3.59 Å². The molecule has 0 amide bonds. The molecule has 0 spiro atoms. The van der Waals surface area contributed by atoms with Crippen LogP contribution in [-0.4, -0.2) is 43.9 Å². The molecule has 0 rings (SSSR count). The van der Waals surface area contributed by atoms with Crippen molar-refractivity contribution in [3.8, 4) is 0 Å². The number of allylic oxidation sites excluding steroid dienone is 1. The Balaban J connectivity index is 5.04. The molecule has 0 N–H and O–H groups in total. The number of hydrogen-bond donors (Lipinski definition) is 0. The minimum atomic E-state index is -2.05. The van der Waals surface area contributed by atoms with E-state index in [0.717, 1.165) is 6.54 Å². The molecule has 0 aliphatic heterocycles. The summed E-state index contributed by atoms with van der Waals surface area (Å²) in [6.45, 7) is 10.7. The van der Waals surface area contributed by atoms with E-state index in [4.69, 9.17) is 0 Å². The Labute approximate surface area is 133 Å². The molecule has 120 valence electrons. The fourth-order valence-corrected chi connectivity index (χ4v) is 18.9. The van der Waals surface area contributed by atoms with E-state index in [-0.39, 0.29) is 0 Å². The van der Waals surface area contributed by atoms with Crippen LogP contribution in [0.15, 0.2) is 9.67 Å². The SMILES string of the molecule is CCC[CH2][Sn]([CH2]CCC)([CH2]CCC)/[C](C)=C/CN(C)C. The van der Waals surface area contributed by atoms with Crippen LogP contribution in [0.2, 0.25) is 13.3 Å². The average molecular weight is 388 g/mol. The van der Waals surface area contributed by atoms with Crippen LogP contribution in [0.4, 0.5) is 0 Å². The van der Waals surface area contributed by atoms with E-state index in [1.54, 1.807) is 13.3 Å². The minimum absolute atomic E-state index is 1.13. The molecule has 0 saturated heterocycles. The summed E-state index contributed by atoms with van der Waals surface area (Å²) in [6.07, 6.45) is 11.1. The third kappa shape index (κ3) is 8.07. The fraction of sp³-hybridized carbons (Fsp3) is 0.889. The predicted molar refractivity (Wildman–Crippen MR) is 97.2 cm³/mol. The van der Waals surface area contributed by atoms with Crippen LogP contribution in [0, 0.1) is 0 Å². The average Bonchev–Trinajstić information content (AvgIpc) is 2.44. The molecule has 0 radical (unpaired) electrons. The van der Waals surface area contributed by atoms with E-state index in [0.29, 0.717) is 0 Å². The van der Waals surface area contributed by atoms with Crippen LogP contribution in [0.5, 0.6) is 0 Å². The third-order valence-corrected chi connectivity index (χ3v) is 21.2. The van der Waals surface area contributed by atoms with Crippen molar-refractivity contribution >= 4 is 18.4 Å². The number of likely N-dealkylation sites (N-methyl/N-ethyl adjacent to an activating group) is 1. The van der Waals surface area contributed by atoms with Crippen LogP contribution in [-0.2, 0) is 0 Å². The Morgan fingerprint density at radius 2 is 1.25 bits per heavy atom. The molecule has 0 unspecified atom stereocenters. The zero-order valence-corrected chi connectivity index (χ0v) is 17.9. The third-order valence-electron chi connectivity index (χ3n) is 4.63. The van der Waals surface area contributed by atoms with Crippen molar-refractivity contribution in [2.24, 2.45) is 0 Å². The topological polar surface area (TPSA) is 3.24 Å². The van der Waals surface area contributed by atoms with Gasteiger partial charge < -0.3 is 0 Å². The van der Waals surface area contributed by atoms with Crippen molar-refractivity contribution in [3.05, 3.63) is 9.67 Å². The van der Waals surface area contributed by atoms with Crippen molar-refractivity contribution in [3.63, 3.8) is 0 Å². The van der Waals surface area contributed by atoms with Gasteiger partial charge in [0.25, 0.3) is 0 Å². The molecular formula is C18H39NSn. The number of hydrogen-bond acceptors (Lipinski definition) is 1. The second-order valence-corrected chi connectivity index (χ2v) is 20.6. The van der Waals surface area contributed by atoms with E-state index >= 15 is 0 Å². The summed E-state index contributed by atoms with van der Waals surface area (Å²) in [4.78, 5) is 2.31.